The first kappa shape index (κ1) is 98.2. The third-order valence-electron chi connectivity index (χ3n) is 30.6. The molecule has 1 aromatic rings. The lowest BCUT2D eigenvalue weighted by atomic mass is 9.33. The number of hydrogen-bond acceptors (Lipinski definition) is 43. The molecule has 1 aromatic carbocycles. The van der Waals surface area contributed by atoms with E-state index in [2.05, 4.69) is 19.9 Å². The van der Waals surface area contributed by atoms with Gasteiger partial charge in [0.15, 0.2) is 50.1 Å². The minimum Gasteiger partial charge on any atom is -0.507 e. The molecule has 0 radical (unpaired) electrons. The van der Waals surface area contributed by atoms with Gasteiger partial charge >= 0.3 is 11.9 Å². The molecule has 126 heavy (non-hydrogen) atoms. The van der Waals surface area contributed by atoms with Gasteiger partial charge in [-0.2, -0.15) is 0 Å². The molecule has 8 aliphatic heterocycles. The predicted octanol–water partition coefficient (Wildman–Crippen LogP) is -7.89. The standard InChI is InChI=1S/C83H128O43/c1-29-46(91)55(100)65(123-69-58(103)47(92)35(89)27-110-69)74(112-29)111-28-40-52(97)57(102)66(124-72-61(106)54(99)49(94)37(24-85)115-72)75(118-40)120-44-17-18-80(7)41(79(44,5)6)16-19-81(8)42(80)15-14-32-33-20-78(3,4)45(119-68(108)31-12-10-11-13-34(31)88)22-83(33,43(90)21-82(32,81)9)77(109)126-76-67(56(101)50(95)38(25-86)117-76)125-73-62(107)64(122-71-60(105)53(98)48(93)36(23-84)114-71)63(30(2)113-73)121-70-59(104)51(96)39(26-87)116-70/h10-14,29-30,33,35-67,69-76,84-107H,15-28H2,1-9H3. The van der Waals surface area contributed by atoms with E-state index in [9.17, 15) is 127 Å². The minimum absolute atomic E-state index is 0.00246. The number of carbonyl (C=O) groups excluding carboxylic acids is 2. The molecule has 0 bridgehead atoms. The first-order valence-electron chi connectivity index (χ1n) is 43.3. The van der Waals surface area contributed by atoms with Crippen LogP contribution in [0.2, 0.25) is 0 Å². The smallest absolute Gasteiger partial charge is 0.342 e. The van der Waals surface area contributed by atoms with Crippen LogP contribution >= 0.6 is 0 Å². The van der Waals surface area contributed by atoms with E-state index in [-0.39, 0.29) is 36.7 Å². The molecule has 12 fully saturated rings. The molecule has 8 saturated heterocycles. The van der Waals surface area contributed by atoms with Crippen molar-refractivity contribution >= 4 is 11.9 Å². The lowest BCUT2D eigenvalue weighted by Gasteiger charge is -2.72. The molecule has 43 heteroatoms. The molecule has 13 aliphatic rings. The Morgan fingerprint density at radius 2 is 0.905 bits per heavy atom. The van der Waals surface area contributed by atoms with E-state index in [4.69, 9.17) is 80.5 Å². The Hall–Kier alpha value is -3.82. The summed E-state index contributed by atoms with van der Waals surface area (Å²) in [7, 11) is 0. The quantitative estimate of drug-likeness (QED) is 0.0275. The fraction of sp³-hybridized carbons (Fsp3) is 0.880. The maximum atomic E-state index is 16.6. The van der Waals surface area contributed by atoms with Crippen LogP contribution in [0, 0.1) is 50.2 Å². The fourth-order valence-corrected chi connectivity index (χ4v) is 22.8. The van der Waals surface area contributed by atoms with Crippen LogP contribution < -0.4 is 0 Å². The molecule has 0 spiro atoms. The summed E-state index contributed by atoms with van der Waals surface area (Å²) in [4.78, 5) is 31.0. The molecule has 8 heterocycles. The zero-order valence-electron chi connectivity index (χ0n) is 71.2. The highest BCUT2D eigenvalue weighted by Crippen LogP contribution is 2.76. The van der Waals surface area contributed by atoms with Gasteiger partial charge in [0.1, 0.15) is 188 Å². The molecule has 718 valence electrons. The van der Waals surface area contributed by atoms with E-state index >= 15 is 4.79 Å². The Kier molecular flexibility index (Phi) is 29.5. The number of esters is 2. The Labute approximate surface area is 724 Å². The van der Waals surface area contributed by atoms with Gasteiger partial charge in [0.25, 0.3) is 0 Å². The second-order valence-corrected chi connectivity index (χ2v) is 38.6. The van der Waals surface area contributed by atoms with Crippen LogP contribution in [0.1, 0.15) is 124 Å². The summed E-state index contributed by atoms with van der Waals surface area (Å²) < 4.78 is 104. The second-order valence-electron chi connectivity index (χ2n) is 38.6. The predicted molar refractivity (Wildman–Crippen MR) is 413 cm³/mol. The highest BCUT2D eigenvalue weighted by atomic mass is 16.8. The Balaban J connectivity index is 0.757. The number of fused-ring (bicyclic) bond motifs is 7. The van der Waals surface area contributed by atoms with E-state index in [0.29, 0.717) is 25.7 Å². The van der Waals surface area contributed by atoms with Gasteiger partial charge in [-0.3, -0.25) is 4.79 Å². The number of ether oxygens (including phenoxy) is 17. The molecule has 5 aliphatic carbocycles. The SMILES string of the molecule is CC1OC(OCC2OC(OC3CCC4(C)C(CCC5(C)C4CC=C4C6CC(C)(C)C(OC(=O)c7ccccc7O)CC6(C(=O)OC6OC(CO)C(O)C(O)C6OC6OC(C)C(OC7OC(CO)C(O)C7O)C(OC7OC(CO)C(O)C(O)C7O)C6O)C(O)CC45C)C3(C)C)C(OC3OC(CO)C(O)C(O)C3O)C(O)C2O)C(OC2OCC(O)C(O)C2O)C(O)C1O. The lowest BCUT2D eigenvalue weighted by molar-refractivity contribution is -0.390. The van der Waals surface area contributed by atoms with Gasteiger partial charge in [-0.1, -0.05) is 72.2 Å². The zero-order valence-corrected chi connectivity index (χ0v) is 71.2. The molecular formula is C83H128O43. The summed E-state index contributed by atoms with van der Waals surface area (Å²) in [6.07, 6.45) is -69.6. The number of phenolic OH excluding ortho intramolecular Hbond substituents is 1. The largest absolute Gasteiger partial charge is 0.507 e. The average molecular weight is 1810 g/mol. The summed E-state index contributed by atoms with van der Waals surface area (Å²) in [6.45, 7) is 12.0. The summed E-state index contributed by atoms with van der Waals surface area (Å²) in [5, 5.41) is 268. The maximum Gasteiger partial charge on any atom is 0.342 e. The summed E-state index contributed by atoms with van der Waals surface area (Å²) >= 11 is 0. The van der Waals surface area contributed by atoms with Gasteiger partial charge in [0.2, 0.25) is 6.29 Å². The Morgan fingerprint density at radius 1 is 0.429 bits per heavy atom. The van der Waals surface area contributed by atoms with Gasteiger partial charge < -0.3 is 203 Å². The number of aliphatic hydroxyl groups excluding tert-OH is 23. The van der Waals surface area contributed by atoms with E-state index in [1.807, 2.05) is 34.6 Å². The van der Waals surface area contributed by atoms with Gasteiger partial charge in [-0.15, -0.1) is 0 Å². The molecule has 48 atom stereocenters. The molecule has 0 aromatic heterocycles. The average Bonchev–Trinajstić information content (AvgIpc) is 0.702. The molecule has 43 nitrogen and oxygen atoms in total. The van der Waals surface area contributed by atoms with Crippen molar-refractivity contribution in [2.45, 2.75) is 365 Å². The molecule has 0 amide bonds. The number of hydrogen-bond donors (Lipinski definition) is 24. The van der Waals surface area contributed by atoms with E-state index in [1.54, 1.807) is 0 Å². The highest BCUT2D eigenvalue weighted by molar-refractivity contribution is 5.92. The highest BCUT2D eigenvalue weighted by Gasteiger charge is 2.74. The van der Waals surface area contributed by atoms with Crippen LogP contribution in [0.25, 0.3) is 0 Å². The van der Waals surface area contributed by atoms with Crippen molar-refractivity contribution in [3.63, 3.8) is 0 Å². The van der Waals surface area contributed by atoms with Gasteiger partial charge in [-0.25, -0.2) is 4.79 Å². The van der Waals surface area contributed by atoms with Crippen LogP contribution in [-0.4, -0.2) is 426 Å². The monoisotopic (exact) mass is 1810 g/mol. The van der Waals surface area contributed by atoms with Crippen LogP contribution in [0.5, 0.6) is 5.75 Å². The number of aromatic hydroxyl groups is 1. The van der Waals surface area contributed by atoms with Crippen LogP contribution in [0.4, 0.5) is 0 Å². The van der Waals surface area contributed by atoms with Crippen molar-refractivity contribution in [2.24, 2.45) is 50.2 Å². The number of para-hydroxylation sites is 1. The number of phenols is 1. The maximum absolute atomic E-state index is 16.6. The van der Waals surface area contributed by atoms with Crippen molar-refractivity contribution in [2.75, 3.05) is 39.6 Å². The topological polar surface area (TPSA) is 677 Å². The number of allylic oxidation sites excluding steroid dienone is 2. The summed E-state index contributed by atoms with van der Waals surface area (Å²) in [5.74, 6) is -4.10. The molecule has 4 saturated carbocycles. The van der Waals surface area contributed by atoms with Crippen molar-refractivity contribution in [1.29, 1.82) is 0 Å². The number of benzene rings is 1. The zero-order chi connectivity index (χ0) is 91.7. The summed E-state index contributed by atoms with van der Waals surface area (Å²) in [5.41, 5.74) is -5.97. The number of rotatable bonds is 23. The normalized spacial score (nSPS) is 51.9. The molecule has 48 unspecified atom stereocenters. The van der Waals surface area contributed by atoms with Crippen LogP contribution in [0.15, 0.2) is 35.9 Å². The molecule has 24 N–H and O–H groups in total. The van der Waals surface area contributed by atoms with Crippen molar-refractivity contribution in [3.05, 3.63) is 41.5 Å². The fourth-order valence-electron chi connectivity index (χ4n) is 22.8. The third kappa shape index (κ3) is 17.3. The van der Waals surface area contributed by atoms with Crippen LogP contribution in [0.3, 0.4) is 0 Å². The van der Waals surface area contributed by atoms with E-state index in [1.165, 1.54) is 38.1 Å². The van der Waals surface area contributed by atoms with E-state index < -0.39 is 354 Å². The number of carbonyl (C=O) groups is 2. The van der Waals surface area contributed by atoms with E-state index in [0.717, 1.165) is 5.57 Å². The minimum atomic E-state index is -2.26. The second kappa shape index (κ2) is 37.8. The first-order chi connectivity index (χ1) is 59.3. The van der Waals surface area contributed by atoms with Crippen molar-refractivity contribution in [1.82, 2.24) is 0 Å². The molecule has 14 rings (SSSR count). The Morgan fingerprint density at radius 3 is 1.49 bits per heavy atom. The summed E-state index contributed by atoms with van der Waals surface area (Å²) in [6, 6.07) is 5.61. The van der Waals surface area contributed by atoms with Gasteiger partial charge in [-0.05, 0) is 110 Å². The van der Waals surface area contributed by atoms with Gasteiger partial charge in [0.05, 0.1) is 64.1 Å². The van der Waals surface area contributed by atoms with Crippen molar-refractivity contribution < 1.29 is 213 Å². The Bertz CT molecular complexity index is 3880. The third-order valence-corrected chi connectivity index (χ3v) is 30.6. The first-order valence-corrected chi connectivity index (χ1v) is 43.3. The lowest BCUT2D eigenvalue weighted by Crippen LogP contribution is -2.70. The molecular weight excluding hydrogens is 1680 g/mol. The van der Waals surface area contributed by atoms with Crippen LogP contribution in [-0.2, 0) is 85.3 Å². The van der Waals surface area contributed by atoms with Crippen molar-refractivity contribution in [3.8, 4) is 5.75 Å². The van der Waals surface area contributed by atoms with Gasteiger partial charge in [0, 0.05) is 11.8 Å². The number of aliphatic hydroxyl groups is 23.